The van der Waals surface area contributed by atoms with E-state index in [-0.39, 0.29) is 29.8 Å². The van der Waals surface area contributed by atoms with Gasteiger partial charge < -0.3 is 35.6 Å². The van der Waals surface area contributed by atoms with Gasteiger partial charge in [-0.15, -0.1) is 0 Å². The molecule has 4 N–H and O–H groups in total. The van der Waals surface area contributed by atoms with E-state index in [0.717, 1.165) is 29.0 Å². The summed E-state index contributed by atoms with van der Waals surface area (Å²) in [6.07, 6.45) is 5.14. The Morgan fingerprint density at radius 3 is 2.07 bits per heavy atom. The van der Waals surface area contributed by atoms with Crippen molar-refractivity contribution >= 4 is 57.7 Å². The van der Waals surface area contributed by atoms with Gasteiger partial charge in [0, 0.05) is 25.0 Å². The van der Waals surface area contributed by atoms with Crippen LogP contribution in [-0.2, 0) is 23.9 Å². The van der Waals surface area contributed by atoms with Gasteiger partial charge in [0.05, 0.1) is 37.4 Å². The van der Waals surface area contributed by atoms with Crippen molar-refractivity contribution in [3.63, 3.8) is 0 Å². The normalized spacial score (nSPS) is 17.8. The number of nitrogens with one attached hydrogen (secondary N) is 4. The molecule has 2 aromatic heterocycles. The Hall–Kier alpha value is -6.26. The highest BCUT2D eigenvalue weighted by Gasteiger charge is 2.39. The molecule has 0 bridgehead atoms. The van der Waals surface area contributed by atoms with Gasteiger partial charge in [0.2, 0.25) is 11.8 Å². The second kappa shape index (κ2) is 17.7. The van der Waals surface area contributed by atoms with Crippen molar-refractivity contribution in [1.29, 1.82) is 0 Å². The Kier molecular flexibility index (Phi) is 12.1. The first-order valence-electron chi connectivity index (χ1n) is 18.7. The molecule has 0 saturated carbocycles. The summed E-state index contributed by atoms with van der Waals surface area (Å²) in [7, 11) is 2.56. The summed E-state index contributed by atoms with van der Waals surface area (Å²) < 4.78 is 11.5. The molecule has 2 aliphatic rings. The number of carbonyl (C=O) groups is 5. The van der Waals surface area contributed by atoms with Gasteiger partial charge >= 0.3 is 12.2 Å². The predicted octanol–water partition coefficient (Wildman–Crippen LogP) is 5.59. The predicted molar refractivity (Wildman–Crippen MR) is 215 cm³/mol. The molecule has 0 radical (unpaired) electrons. The van der Waals surface area contributed by atoms with Gasteiger partial charge in [-0.1, -0.05) is 84.1 Å². The lowest BCUT2D eigenvalue weighted by Crippen LogP contribution is -2.48. The number of likely N-dealkylation sites (tertiary alicyclic amines) is 2. The van der Waals surface area contributed by atoms with Crippen molar-refractivity contribution in [1.82, 2.24) is 29.8 Å². The summed E-state index contributed by atoms with van der Waals surface area (Å²) in [5.41, 5.74) is 3.01. The van der Waals surface area contributed by atoms with Gasteiger partial charge in [-0.2, -0.15) is 0 Å². The molecule has 7 rings (SSSR count). The molecule has 57 heavy (non-hydrogen) atoms. The minimum Gasteiger partial charge on any atom is -0.453 e. The number of imidazole rings is 1. The molecule has 296 valence electrons. The number of fused-ring (bicyclic) bond motifs is 1. The molecule has 2 fully saturated rings. The zero-order valence-electron chi connectivity index (χ0n) is 31.6. The average Bonchev–Trinajstić information content (AvgIpc) is 4.05. The highest BCUT2D eigenvalue weighted by Crippen LogP contribution is 2.32. The average molecular weight is 793 g/mol. The maximum absolute atomic E-state index is 13.7. The molecule has 2 aliphatic heterocycles. The molecule has 5 amide bonds. The van der Waals surface area contributed by atoms with Crippen LogP contribution in [0.15, 0.2) is 97.3 Å². The molecule has 0 aliphatic carbocycles. The number of ether oxygens (including phenoxy) is 2. The number of rotatable bonds is 12. The molecule has 15 nitrogen and oxygen atoms in total. The lowest BCUT2D eigenvalue weighted by atomic mass is 10.0. The zero-order valence-corrected chi connectivity index (χ0v) is 32.4. The van der Waals surface area contributed by atoms with Crippen LogP contribution < -0.4 is 21.3 Å². The number of methoxy groups -OCH3 is 2. The molecule has 4 unspecified atom stereocenters. The molecule has 16 heteroatoms. The van der Waals surface area contributed by atoms with E-state index >= 15 is 0 Å². The Balaban J connectivity index is 0.961. The van der Waals surface area contributed by atoms with Crippen molar-refractivity contribution in [3.05, 3.63) is 108 Å². The topological polar surface area (TPSA) is 176 Å². The lowest BCUT2D eigenvalue weighted by Gasteiger charge is -2.28. The monoisotopic (exact) mass is 792 g/mol. The summed E-state index contributed by atoms with van der Waals surface area (Å²) in [5.74, 6) is -0.393. The van der Waals surface area contributed by atoms with E-state index < -0.39 is 24.3 Å². The smallest absolute Gasteiger partial charge is 0.407 e. The largest absolute Gasteiger partial charge is 0.453 e. The van der Waals surface area contributed by atoms with Gasteiger partial charge in [-0.25, -0.2) is 14.6 Å². The maximum Gasteiger partial charge on any atom is 0.407 e. The van der Waals surface area contributed by atoms with E-state index in [9.17, 15) is 24.0 Å². The van der Waals surface area contributed by atoms with Crippen LogP contribution in [0.5, 0.6) is 0 Å². The van der Waals surface area contributed by atoms with Crippen molar-refractivity contribution in [2.75, 3.05) is 44.5 Å². The van der Waals surface area contributed by atoms with E-state index in [4.69, 9.17) is 9.47 Å². The fourth-order valence-electron chi connectivity index (χ4n) is 7.42. The number of aromatic nitrogens is 2. The van der Waals surface area contributed by atoms with Crippen LogP contribution in [0.4, 0.5) is 21.1 Å². The first-order valence-corrected chi connectivity index (χ1v) is 19.6. The number of hydrogen-bond donors (Lipinski definition) is 4. The Labute approximate surface area is 333 Å². The number of anilines is 2. The van der Waals surface area contributed by atoms with Gasteiger partial charge in [-0.05, 0) is 61.1 Å². The van der Waals surface area contributed by atoms with E-state index in [1.807, 2.05) is 71.3 Å². The summed E-state index contributed by atoms with van der Waals surface area (Å²) in [5, 5.41) is 11.5. The van der Waals surface area contributed by atoms with E-state index in [1.165, 1.54) is 30.5 Å². The van der Waals surface area contributed by atoms with Crippen molar-refractivity contribution in [2.45, 2.75) is 49.9 Å². The quantitative estimate of drug-likeness (QED) is 0.126. The second-order valence-electron chi connectivity index (χ2n) is 13.9. The number of amides is 5. The third-order valence-corrected chi connectivity index (χ3v) is 11.3. The minimum atomic E-state index is -0.996. The first-order chi connectivity index (χ1) is 27.7. The number of benzene rings is 3. The van der Waals surface area contributed by atoms with Crippen LogP contribution in [-0.4, -0.2) is 95.0 Å². The van der Waals surface area contributed by atoms with Crippen LogP contribution in [0.2, 0.25) is 0 Å². The third-order valence-electron chi connectivity index (χ3n) is 10.3. The fraction of sp³-hybridized carbons (Fsp3) is 0.317. The maximum atomic E-state index is 13.7. The highest BCUT2D eigenvalue weighted by molar-refractivity contribution is 7.20. The number of alkyl carbamates (subject to hydrolysis) is 2. The molecule has 4 atom stereocenters. The van der Waals surface area contributed by atoms with Gasteiger partial charge in [0.1, 0.15) is 12.1 Å². The summed E-state index contributed by atoms with van der Waals surface area (Å²) in [4.78, 5) is 74.9. The Bertz CT molecular complexity index is 2180. The van der Waals surface area contributed by atoms with Crippen LogP contribution in [0.3, 0.4) is 0 Å². The van der Waals surface area contributed by atoms with Crippen molar-refractivity contribution < 1.29 is 33.4 Å². The first kappa shape index (κ1) is 39.0. The van der Waals surface area contributed by atoms with Gasteiger partial charge in [0.15, 0.2) is 10.8 Å². The molecular weight excluding hydrogens is 749 g/mol. The number of carbonyl (C=O) groups excluding carboxylic acids is 5. The highest BCUT2D eigenvalue weighted by atomic mass is 32.1. The van der Waals surface area contributed by atoms with Crippen molar-refractivity contribution in [3.8, 4) is 10.4 Å². The minimum absolute atomic E-state index is 0.153. The SMILES string of the molecule is COC(=O)NC(CN1CCCC1C(=O)Nc1cn2cc(-c3ccc(NC(=O)C4CCCN4C(=O)C(NC(=O)OC)c4ccccc4)cc3)sc2n1)c1ccccc1. The zero-order chi connectivity index (χ0) is 39.9. The summed E-state index contributed by atoms with van der Waals surface area (Å²) in [6.45, 7) is 1.56. The number of thiazole rings is 1. The summed E-state index contributed by atoms with van der Waals surface area (Å²) in [6, 6.07) is 23.5. The molecule has 3 aromatic carbocycles. The Morgan fingerprint density at radius 1 is 0.754 bits per heavy atom. The Morgan fingerprint density at radius 2 is 1.39 bits per heavy atom. The third kappa shape index (κ3) is 9.08. The van der Waals surface area contributed by atoms with Crippen LogP contribution >= 0.6 is 11.3 Å². The number of nitrogens with zero attached hydrogens (tertiary/aromatic N) is 4. The standard InChI is InChI=1S/C41H44N8O7S/c1-55-40(53)43-30(26-11-5-3-6-12-26)23-47-21-9-15-31(47)36(50)44-34-25-48-24-33(57-39(48)45-34)27-17-19-29(20-18-27)42-37(51)32-16-10-22-49(32)38(52)35(46-41(54)56-2)28-13-7-4-8-14-28/h3-8,11-14,17-20,24-25,30-32,35H,9-10,15-16,21-23H2,1-2H3,(H,42,51)(H,43,53)(H,44,50)(H,46,54). The molecule has 0 spiro atoms. The van der Waals surface area contributed by atoms with Crippen LogP contribution in [0, 0.1) is 0 Å². The van der Waals surface area contributed by atoms with Crippen molar-refractivity contribution in [2.24, 2.45) is 0 Å². The molecular formula is C41H44N8O7S. The lowest BCUT2D eigenvalue weighted by molar-refractivity contribution is -0.138. The molecule has 4 heterocycles. The van der Waals surface area contributed by atoms with Gasteiger partial charge in [-0.3, -0.25) is 23.7 Å². The number of hydrogen-bond acceptors (Lipinski definition) is 10. The van der Waals surface area contributed by atoms with E-state index in [1.54, 1.807) is 30.5 Å². The fourth-order valence-corrected chi connectivity index (χ4v) is 8.39. The molecule has 2 saturated heterocycles. The van der Waals surface area contributed by atoms with E-state index in [0.29, 0.717) is 54.4 Å². The van der Waals surface area contributed by atoms with Crippen LogP contribution in [0.25, 0.3) is 15.4 Å². The molecule has 5 aromatic rings. The van der Waals surface area contributed by atoms with E-state index in [2.05, 4.69) is 31.2 Å². The van der Waals surface area contributed by atoms with Gasteiger partial charge in [0.25, 0.3) is 5.91 Å². The second-order valence-corrected chi connectivity index (χ2v) is 14.9. The summed E-state index contributed by atoms with van der Waals surface area (Å²) >= 11 is 1.46. The van der Waals surface area contributed by atoms with Crippen LogP contribution in [0.1, 0.15) is 48.9 Å².